The van der Waals surface area contributed by atoms with Gasteiger partial charge < -0.3 is 9.47 Å². The minimum Gasteiger partial charge on any atom is -0.457 e. The highest BCUT2D eigenvalue weighted by molar-refractivity contribution is 5.96. The van der Waals surface area contributed by atoms with Crippen molar-refractivity contribution in [3.05, 3.63) is 11.6 Å². The molecule has 0 N–H and O–H groups in total. The van der Waals surface area contributed by atoms with Crippen LogP contribution < -0.4 is 0 Å². The van der Waals surface area contributed by atoms with Crippen molar-refractivity contribution >= 4 is 11.9 Å². The Bertz CT molecular complexity index is 326. The highest BCUT2D eigenvalue weighted by Crippen LogP contribution is 2.12. The Morgan fingerprint density at radius 1 is 0.882 bits per heavy atom. The number of carbonyl (C=O) groups excluding carboxylic acids is 2. The van der Waals surface area contributed by atoms with Gasteiger partial charge in [-0.25, -0.2) is 9.59 Å². The van der Waals surface area contributed by atoms with Gasteiger partial charge in [-0.2, -0.15) is 0 Å². The molecule has 4 nitrogen and oxygen atoms in total. The van der Waals surface area contributed by atoms with E-state index in [9.17, 15) is 9.59 Å². The van der Waals surface area contributed by atoms with Crippen LogP contribution >= 0.6 is 0 Å². The predicted octanol–water partition coefficient (Wildman–Crippen LogP) is 2.62. The number of hydrogen-bond acceptors (Lipinski definition) is 4. The van der Waals surface area contributed by atoms with Crippen LogP contribution in [0, 0.1) is 0 Å². The molecule has 0 unspecified atom stereocenters. The first-order chi connectivity index (χ1) is 7.41. The molecule has 0 aromatic carbocycles. The Kier molecular flexibility index (Phi) is 4.93. The zero-order chi connectivity index (χ0) is 13.9. The van der Waals surface area contributed by atoms with Gasteiger partial charge in [0.05, 0.1) is 0 Å². The predicted molar refractivity (Wildman–Crippen MR) is 65.4 cm³/mol. The molecule has 4 heteroatoms. The van der Waals surface area contributed by atoms with Crippen LogP contribution in [-0.2, 0) is 19.1 Å². The minimum atomic E-state index is -0.569. The third-order valence-corrected chi connectivity index (χ3v) is 1.46. The molecule has 0 saturated carbocycles. The first kappa shape index (κ1) is 15.7. The van der Waals surface area contributed by atoms with Crippen molar-refractivity contribution in [2.45, 2.75) is 59.7 Å². The SMILES string of the molecule is C/C(=C/C(=O)OC(C)(C)C)C(=O)OC(C)(C)C. The second kappa shape index (κ2) is 5.34. The summed E-state index contributed by atoms with van der Waals surface area (Å²) < 4.78 is 10.2. The fraction of sp³-hybridized carbons (Fsp3) is 0.692. The second-order valence-corrected chi connectivity index (χ2v) is 5.86. The average Bonchev–Trinajstić information content (AvgIpc) is 1.95. The van der Waals surface area contributed by atoms with Crippen LogP contribution in [0.5, 0.6) is 0 Å². The lowest BCUT2D eigenvalue weighted by atomic mass is 10.2. The lowest BCUT2D eigenvalue weighted by Crippen LogP contribution is -2.26. The standard InChI is InChI=1S/C13H22O4/c1-9(11(15)17-13(5,6)7)8-10(14)16-12(2,3)4/h8H,1-7H3/b9-8-. The number of hydrogen-bond donors (Lipinski definition) is 0. The van der Waals surface area contributed by atoms with Crippen LogP contribution in [0.1, 0.15) is 48.5 Å². The Morgan fingerprint density at radius 2 is 1.29 bits per heavy atom. The maximum absolute atomic E-state index is 11.6. The molecule has 0 atom stereocenters. The fourth-order valence-corrected chi connectivity index (χ4v) is 0.926. The molecule has 0 aromatic heterocycles. The molecule has 0 bridgehead atoms. The Labute approximate surface area is 103 Å². The van der Waals surface area contributed by atoms with Crippen molar-refractivity contribution < 1.29 is 19.1 Å². The van der Waals surface area contributed by atoms with Gasteiger partial charge in [0.15, 0.2) is 0 Å². The van der Waals surface area contributed by atoms with E-state index in [1.54, 1.807) is 41.5 Å². The molecule has 0 rings (SSSR count). The average molecular weight is 242 g/mol. The molecule has 17 heavy (non-hydrogen) atoms. The molecule has 0 aliphatic rings. The number of carbonyl (C=O) groups is 2. The molecule has 0 fully saturated rings. The molecular weight excluding hydrogens is 220 g/mol. The van der Waals surface area contributed by atoms with E-state index in [1.165, 1.54) is 6.92 Å². The highest BCUT2D eigenvalue weighted by Gasteiger charge is 2.20. The van der Waals surface area contributed by atoms with E-state index in [0.29, 0.717) is 0 Å². The normalized spacial score (nSPS) is 13.2. The van der Waals surface area contributed by atoms with Gasteiger partial charge in [0.2, 0.25) is 0 Å². The molecule has 0 heterocycles. The van der Waals surface area contributed by atoms with E-state index in [0.717, 1.165) is 6.08 Å². The molecule has 0 spiro atoms. The number of ether oxygens (including phenoxy) is 2. The number of rotatable bonds is 2. The maximum atomic E-state index is 11.6. The molecular formula is C13H22O4. The Balaban J connectivity index is 4.55. The second-order valence-electron chi connectivity index (χ2n) is 5.86. The van der Waals surface area contributed by atoms with Gasteiger partial charge in [0.25, 0.3) is 0 Å². The van der Waals surface area contributed by atoms with Crippen molar-refractivity contribution in [1.82, 2.24) is 0 Å². The topological polar surface area (TPSA) is 52.6 Å². The first-order valence-corrected chi connectivity index (χ1v) is 5.55. The Hall–Kier alpha value is -1.32. The van der Waals surface area contributed by atoms with E-state index >= 15 is 0 Å². The van der Waals surface area contributed by atoms with Crippen molar-refractivity contribution in [3.63, 3.8) is 0 Å². The summed E-state index contributed by atoms with van der Waals surface area (Å²) in [6.45, 7) is 12.1. The first-order valence-electron chi connectivity index (χ1n) is 5.55. The van der Waals surface area contributed by atoms with Crippen LogP contribution in [0.3, 0.4) is 0 Å². The van der Waals surface area contributed by atoms with Gasteiger partial charge >= 0.3 is 11.9 Å². The zero-order valence-electron chi connectivity index (χ0n) is 11.7. The molecule has 0 aromatic rings. The summed E-state index contributed by atoms with van der Waals surface area (Å²) in [6, 6.07) is 0. The van der Waals surface area contributed by atoms with Gasteiger partial charge in [-0.15, -0.1) is 0 Å². The maximum Gasteiger partial charge on any atom is 0.334 e. The molecule has 0 amide bonds. The molecule has 0 aliphatic heterocycles. The lowest BCUT2D eigenvalue weighted by molar-refractivity contribution is -0.152. The van der Waals surface area contributed by atoms with Crippen LogP contribution in [0.4, 0.5) is 0 Å². The van der Waals surface area contributed by atoms with Crippen molar-refractivity contribution in [2.75, 3.05) is 0 Å². The van der Waals surface area contributed by atoms with Crippen molar-refractivity contribution in [1.29, 1.82) is 0 Å². The summed E-state index contributed by atoms with van der Waals surface area (Å²) >= 11 is 0. The Morgan fingerprint density at radius 3 is 1.65 bits per heavy atom. The van der Waals surface area contributed by atoms with Crippen LogP contribution in [0.25, 0.3) is 0 Å². The van der Waals surface area contributed by atoms with E-state index in [2.05, 4.69) is 0 Å². The van der Waals surface area contributed by atoms with Crippen LogP contribution in [0.15, 0.2) is 11.6 Å². The van der Waals surface area contributed by atoms with Crippen LogP contribution in [-0.4, -0.2) is 23.1 Å². The minimum absolute atomic E-state index is 0.231. The molecule has 0 saturated heterocycles. The van der Waals surface area contributed by atoms with Gasteiger partial charge in [-0.3, -0.25) is 0 Å². The fourth-order valence-electron chi connectivity index (χ4n) is 0.926. The van der Waals surface area contributed by atoms with Gasteiger partial charge in [0.1, 0.15) is 11.2 Å². The van der Waals surface area contributed by atoms with Crippen molar-refractivity contribution in [2.24, 2.45) is 0 Å². The van der Waals surface area contributed by atoms with E-state index in [1.807, 2.05) is 0 Å². The summed E-state index contributed by atoms with van der Waals surface area (Å²) in [5.74, 6) is -1.05. The largest absolute Gasteiger partial charge is 0.457 e. The van der Waals surface area contributed by atoms with Gasteiger partial charge in [-0.1, -0.05) is 0 Å². The van der Waals surface area contributed by atoms with Crippen molar-refractivity contribution in [3.8, 4) is 0 Å². The lowest BCUT2D eigenvalue weighted by Gasteiger charge is -2.20. The third-order valence-electron chi connectivity index (χ3n) is 1.46. The summed E-state index contributed by atoms with van der Waals surface area (Å²) in [5.41, 5.74) is -0.906. The van der Waals surface area contributed by atoms with Gasteiger partial charge in [0, 0.05) is 11.6 Å². The zero-order valence-corrected chi connectivity index (χ0v) is 11.7. The smallest absolute Gasteiger partial charge is 0.334 e. The number of esters is 2. The van der Waals surface area contributed by atoms with Gasteiger partial charge in [-0.05, 0) is 48.5 Å². The third kappa shape index (κ3) is 8.48. The highest BCUT2D eigenvalue weighted by atomic mass is 16.6. The van der Waals surface area contributed by atoms with Crippen LogP contribution in [0.2, 0.25) is 0 Å². The summed E-state index contributed by atoms with van der Waals surface area (Å²) in [7, 11) is 0. The van der Waals surface area contributed by atoms with E-state index in [-0.39, 0.29) is 5.57 Å². The summed E-state index contributed by atoms with van der Waals surface area (Å²) in [6.07, 6.45) is 1.15. The molecule has 98 valence electrons. The van der Waals surface area contributed by atoms with E-state index < -0.39 is 23.1 Å². The summed E-state index contributed by atoms with van der Waals surface area (Å²) in [4.78, 5) is 23.0. The quantitative estimate of drug-likeness (QED) is 0.551. The van der Waals surface area contributed by atoms with E-state index in [4.69, 9.17) is 9.47 Å². The summed E-state index contributed by atoms with van der Waals surface area (Å²) in [5, 5.41) is 0. The molecule has 0 radical (unpaired) electrons. The monoisotopic (exact) mass is 242 g/mol. The molecule has 0 aliphatic carbocycles.